The van der Waals surface area contributed by atoms with Gasteiger partial charge < -0.3 is 14.7 Å². The summed E-state index contributed by atoms with van der Waals surface area (Å²) in [6.45, 7) is 5.10. The van der Waals surface area contributed by atoms with E-state index in [0.717, 1.165) is 53.2 Å². The van der Waals surface area contributed by atoms with Crippen molar-refractivity contribution < 1.29 is 5.32 Å². The van der Waals surface area contributed by atoms with Crippen molar-refractivity contribution in [2.45, 2.75) is 45.7 Å². The lowest BCUT2D eigenvalue weighted by atomic mass is 9.89. The third kappa shape index (κ3) is 3.04. The number of nitrogens with zero attached hydrogens (tertiary/aromatic N) is 3. The van der Waals surface area contributed by atoms with Crippen LogP contribution in [-0.2, 0) is 19.4 Å². The highest BCUT2D eigenvalue weighted by molar-refractivity contribution is 7.18. The third-order valence-corrected chi connectivity index (χ3v) is 6.86. The first-order valence-electron chi connectivity index (χ1n) is 9.89. The molecule has 0 bridgehead atoms. The zero-order chi connectivity index (χ0) is 19.3. The topological polar surface area (TPSA) is 79.7 Å². The van der Waals surface area contributed by atoms with Gasteiger partial charge in [-0.3, -0.25) is 4.79 Å². The van der Waals surface area contributed by atoms with Crippen LogP contribution in [-0.4, -0.2) is 19.4 Å². The average Bonchev–Trinajstić information content (AvgIpc) is 3.26. The zero-order valence-electron chi connectivity index (χ0n) is 16.1. The Kier molecular flexibility index (Phi) is 4.29. The summed E-state index contributed by atoms with van der Waals surface area (Å²) < 4.78 is 2.02. The largest absolute Gasteiger partial charge is 0.333 e. The van der Waals surface area contributed by atoms with E-state index in [1.54, 1.807) is 11.3 Å². The van der Waals surface area contributed by atoms with Crippen LogP contribution in [0.1, 0.15) is 48.3 Å². The number of quaternary nitrogens is 1. The number of nitrogens with two attached hydrogens (primary N) is 1. The molecule has 0 radical (unpaired) electrons. The van der Waals surface area contributed by atoms with Crippen LogP contribution >= 0.6 is 11.3 Å². The van der Waals surface area contributed by atoms with Crippen molar-refractivity contribution in [3.63, 3.8) is 0 Å². The number of aromatic amines is 1. The SMILES string of the molecule is C[C@@H]1CCc2c(sc3nc([C@H](C)[NH2+]Cc4cn5ccccc5n4)[nH]c(=O)c23)C1. The van der Waals surface area contributed by atoms with Crippen molar-refractivity contribution in [3.8, 4) is 0 Å². The minimum absolute atomic E-state index is 0.0139. The minimum Gasteiger partial charge on any atom is -0.333 e. The predicted molar refractivity (Wildman–Crippen MR) is 111 cm³/mol. The number of hydrogen-bond acceptors (Lipinski definition) is 4. The molecule has 1 aliphatic carbocycles. The molecule has 6 nitrogen and oxygen atoms in total. The molecule has 4 heterocycles. The maximum absolute atomic E-state index is 12.8. The van der Waals surface area contributed by atoms with Crippen molar-refractivity contribution >= 4 is 27.2 Å². The average molecular weight is 395 g/mol. The summed E-state index contributed by atoms with van der Waals surface area (Å²) in [5.41, 5.74) is 3.21. The number of nitrogens with one attached hydrogen (secondary N) is 1. The van der Waals surface area contributed by atoms with E-state index in [4.69, 9.17) is 4.98 Å². The minimum atomic E-state index is 0.0139. The molecule has 0 saturated heterocycles. The van der Waals surface area contributed by atoms with Crippen LogP contribution in [0.4, 0.5) is 0 Å². The highest BCUT2D eigenvalue weighted by Crippen LogP contribution is 2.35. The number of H-pyrrole nitrogens is 1. The quantitative estimate of drug-likeness (QED) is 0.558. The van der Waals surface area contributed by atoms with E-state index in [-0.39, 0.29) is 11.6 Å². The maximum Gasteiger partial charge on any atom is 0.260 e. The normalized spacial score (nSPS) is 17.9. The van der Waals surface area contributed by atoms with Crippen LogP contribution in [0.2, 0.25) is 0 Å². The van der Waals surface area contributed by atoms with Crippen LogP contribution < -0.4 is 10.9 Å². The Morgan fingerprint density at radius 1 is 1.39 bits per heavy atom. The lowest BCUT2D eigenvalue weighted by Gasteiger charge is -2.17. The predicted octanol–water partition coefficient (Wildman–Crippen LogP) is 2.58. The van der Waals surface area contributed by atoms with Gasteiger partial charge in [0.2, 0.25) is 0 Å². The van der Waals surface area contributed by atoms with Crippen molar-refractivity contribution in [1.82, 2.24) is 19.4 Å². The Bertz CT molecular complexity index is 1190. The van der Waals surface area contributed by atoms with Gasteiger partial charge in [-0.15, -0.1) is 11.3 Å². The number of rotatable bonds is 4. The molecular formula is C21H24N5OS+. The second-order valence-corrected chi connectivity index (χ2v) is 8.99. The first-order valence-corrected chi connectivity index (χ1v) is 10.7. The van der Waals surface area contributed by atoms with Crippen LogP contribution in [0, 0.1) is 5.92 Å². The van der Waals surface area contributed by atoms with Crippen molar-refractivity contribution in [2.75, 3.05) is 0 Å². The van der Waals surface area contributed by atoms with E-state index in [9.17, 15) is 4.79 Å². The maximum atomic E-state index is 12.8. The van der Waals surface area contributed by atoms with E-state index in [1.807, 2.05) is 35.0 Å². The zero-order valence-corrected chi connectivity index (χ0v) is 16.9. The summed E-state index contributed by atoms with van der Waals surface area (Å²) in [6.07, 6.45) is 7.27. The van der Waals surface area contributed by atoms with Gasteiger partial charge in [-0.2, -0.15) is 0 Å². The first-order chi connectivity index (χ1) is 13.6. The van der Waals surface area contributed by atoms with Crippen LogP contribution in [0.5, 0.6) is 0 Å². The number of aromatic nitrogens is 4. The summed E-state index contributed by atoms with van der Waals surface area (Å²) in [5.74, 6) is 1.43. The molecule has 0 fully saturated rings. The molecule has 144 valence electrons. The summed E-state index contributed by atoms with van der Waals surface area (Å²) >= 11 is 1.71. The Balaban J connectivity index is 1.40. The smallest absolute Gasteiger partial charge is 0.260 e. The Morgan fingerprint density at radius 2 is 2.29 bits per heavy atom. The van der Waals surface area contributed by atoms with Gasteiger partial charge in [0, 0.05) is 17.3 Å². The molecule has 3 N–H and O–H groups in total. The fourth-order valence-electron chi connectivity index (χ4n) is 4.08. The fourth-order valence-corrected chi connectivity index (χ4v) is 5.47. The van der Waals surface area contributed by atoms with Gasteiger partial charge in [0.15, 0.2) is 5.82 Å². The molecule has 0 unspecified atom stereocenters. The molecule has 28 heavy (non-hydrogen) atoms. The summed E-state index contributed by atoms with van der Waals surface area (Å²) in [5, 5.41) is 2.99. The van der Waals surface area contributed by atoms with Crippen LogP contribution in [0.3, 0.4) is 0 Å². The number of hydrogen-bond donors (Lipinski definition) is 2. The van der Waals surface area contributed by atoms with Gasteiger partial charge in [-0.25, -0.2) is 9.97 Å². The van der Waals surface area contributed by atoms with E-state index < -0.39 is 0 Å². The molecule has 2 atom stereocenters. The van der Waals surface area contributed by atoms with Crippen LogP contribution in [0.25, 0.3) is 15.9 Å². The lowest BCUT2D eigenvalue weighted by molar-refractivity contribution is -0.709. The van der Waals surface area contributed by atoms with Gasteiger partial charge in [-0.1, -0.05) is 13.0 Å². The second kappa shape index (κ2) is 6.83. The highest BCUT2D eigenvalue weighted by Gasteiger charge is 2.24. The molecule has 5 rings (SSSR count). The van der Waals surface area contributed by atoms with Gasteiger partial charge in [0.1, 0.15) is 28.8 Å². The van der Waals surface area contributed by atoms with Crippen LogP contribution in [0.15, 0.2) is 35.4 Å². The monoisotopic (exact) mass is 394 g/mol. The van der Waals surface area contributed by atoms with Gasteiger partial charge in [-0.05, 0) is 49.8 Å². The van der Waals surface area contributed by atoms with Crippen molar-refractivity contribution in [3.05, 3.63) is 62.9 Å². The molecule has 7 heteroatoms. The fraction of sp³-hybridized carbons (Fsp3) is 0.381. The van der Waals surface area contributed by atoms with E-state index >= 15 is 0 Å². The molecule has 0 aliphatic heterocycles. The number of thiophene rings is 1. The van der Waals surface area contributed by atoms with Gasteiger partial charge in [0.25, 0.3) is 5.56 Å². The molecule has 0 aromatic carbocycles. The number of aryl methyl sites for hydroxylation is 1. The Hall–Kier alpha value is -2.51. The summed E-state index contributed by atoms with van der Waals surface area (Å²) in [7, 11) is 0. The van der Waals surface area contributed by atoms with E-state index in [2.05, 4.69) is 29.1 Å². The lowest BCUT2D eigenvalue weighted by Crippen LogP contribution is -2.83. The molecule has 4 aromatic heterocycles. The Morgan fingerprint density at radius 3 is 3.14 bits per heavy atom. The first kappa shape index (κ1) is 17.6. The van der Waals surface area contributed by atoms with Crippen molar-refractivity contribution in [2.24, 2.45) is 5.92 Å². The molecule has 0 spiro atoms. The molecular weight excluding hydrogens is 370 g/mol. The second-order valence-electron chi connectivity index (χ2n) is 7.91. The number of pyridine rings is 1. The van der Waals surface area contributed by atoms with Gasteiger partial charge in [0.05, 0.1) is 5.39 Å². The third-order valence-electron chi connectivity index (χ3n) is 5.71. The van der Waals surface area contributed by atoms with Crippen molar-refractivity contribution in [1.29, 1.82) is 0 Å². The highest BCUT2D eigenvalue weighted by atomic mass is 32.1. The number of fused-ring (bicyclic) bond motifs is 4. The molecule has 0 saturated carbocycles. The van der Waals surface area contributed by atoms with E-state index in [1.165, 1.54) is 10.4 Å². The number of imidazole rings is 1. The summed E-state index contributed by atoms with van der Waals surface area (Å²) in [4.78, 5) is 27.5. The molecule has 1 aliphatic rings. The molecule has 0 amide bonds. The van der Waals surface area contributed by atoms with E-state index in [0.29, 0.717) is 5.92 Å². The van der Waals surface area contributed by atoms with Gasteiger partial charge >= 0.3 is 0 Å². The standard InChI is InChI=1S/C21H23N5OS/c1-12-6-7-15-16(9-12)28-21-18(15)20(27)24-19(25-21)13(2)22-10-14-11-26-8-4-3-5-17(26)23-14/h3-5,8,11-13,22H,6-7,9-10H2,1-2H3,(H,24,25,27)/p+1/t12-,13+/m1/s1. The Labute approximate surface area is 166 Å². The molecule has 4 aromatic rings. The summed E-state index contributed by atoms with van der Waals surface area (Å²) in [6, 6.07) is 6.04.